The number of carbonyl (C=O) groups is 2. The first-order valence-electron chi connectivity index (χ1n) is 7.01. The van der Waals surface area contributed by atoms with Crippen LogP contribution in [-0.4, -0.2) is 22.2 Å². The number of carboxylic acid groups (broad SMARTS) is 2. The predicted octanol–water partition coefficient (Wildman–Crippen LogP) is 3.62. The van der Waals surface area contributed by atoms with Gasteiger partial charge in [-0.15, -0.1) is 0 Å². The van der Waals surface area contributed by atoms with Crippen LogP contribution in [0.1, 0.15) is 62.5 Å². The van der Waals surface area contributed by atoms with Crippen molar-refractivity contribution in [2.75, 3.05) is 0 Å². The summed E-state index contributed by atoms with van der Waals surface area (Å²) in [6.07, 6.45) is 1.81. The lowest BCUT2D eigenvalue weighted by molar-refractivity contribution is -0.138. The number of aliphatic carboxylic acids is 2. The average Bonchev–Trinajstić information content (AvgIpc) is 2.42. The number of hydrogen-bond donors (Lipinski definition) is 2. The minimum Gasteiger partial charge on any atom is -0.481 e. The van der Waals surface area contributed by atoms with Crippen LogP contribution in [0.2, 0.25) is 0 Å². The number of rotatable bonds is 8. The molecular formula is C16H22O4. The molecule has 1 aromatic carbocycles. The highest BCUT2D eigenvalue weighted by molar-refractivity contribution is 5.68. The maximum Gasteiger partial charge on any atom is 0.303 e. The molecular weight excluding hydrogens is 256 g/mol. The minimum atomic E-state index is -0.793. The first-order valence-corrected chi connectivity index (χ1v) is 7.01. The second-order valence-corrected chi connectivity index (χ2v) is 5.07. The first-order chi connectivity index (χ1) is 9.47. The zero-order chi connectivity index (χ0) is 15.1. The Morgan fingerprint density at radius 3 is 1.35 bits per heavy atom. The molecule has 0 aliphatic rings. The summed E-state index contributed by atoms with van der Waals surface area (Å²) >= 11 is 0. The van der Waals surface area contributed by atoms with E-state index >= 15 is 0 Å². The largest absolute Gasteiger partial charge is 0.481 e. The van der Waals surface area contributed by atoms with Gasteiger partial charge in [0.25, 0.3) is 0 Å². The topological polar surface area (TPSA) is 74.6 Å². The van der Waals surface area contributed by atoms with Gasteiger partial charge in [-0.25, -0.2) is 0 Å². The van der Waals surface area contributed by atoms with E-state index < -0.39 is 11.9 Å². The molecule has 0 aliphatic heterocycles. The average molecular weight is 278 g/mol. The summed E-state index contributed by atoms with van der Waals surface area (Å²) in [7, 11) is 0. The SMILES string of the molecule is CCC(CC(=O)O)c1ccc(C(CC)CC(=O)O)cc1. The molecule has 2 atom stereocenters. The van der Waals surface area contributed by atoms with Crippen molar-refractivity contribution in [3.8, 4) is 0 Å². The van der Waals surface area contributed by atoms with Crippen molar-refractivity contribution in [3.63, 3.8) is 0 Å². The molecule has 0 aliphatic carbocycles. The molecule has 2 N–H and O–H groups in total. The van der Waals surface area contributed by atoms with Crippen LogP contribution in [0.3, 0.4) is 0 Å². The Bertz CT molecular complexity index is 407. The molecule has 0 spiro atoms. The van der Waals surface area contributed by atoms with E-state index in [9.17, 15) is 9.59 Å². The molecule has 4 nitrogen and oxygen atoms in total. The second-order valence-electron chi connectivity index (χ2n) is 5.07. The quantitative estimate of drug-likeness (QED) is 0.761. The lowest BCUT2D eigenvalue weighted by Gasteiger charge is -2.16. The van der Waals surface area contributed by atoms with E-state index in [0.717, 1.165) is 24.0 Å². The summed E-state index contributed by atoms with van der Waals surface area (Å²) in [4.78, 5) is 21.6. The molecule has 0 radical (unpaired) electrons. The molecule has 110 valence electrons. The molecule has 0 heterocycles. The van der Waals surface area contributed by atoms with E-state index in [1.165, 1.54) is 0 Å². The van der Waals surface area contributed by atoms with Crippen LogP contribution in [0.4, 0.5) is 0 Å². The molecule has 0 fully saturated rings. The molecule has 0 amide bonds. The van der Waals surface area contributed by atoms with Crippen LogP contribution in [0.25, 0.3) is 0 Å². The standard InChI is InChI=1S/C16H22O4/c1-3-11(9-15(17)18)13-5-7-14(8-6-13)12(4-2)10-16(19)20/h5-8,11-12H,3-4,9-10H2,1-2H3,(H,17,18)(H,19,20). The fourth-order valence-electron chi connectivity index (χ4n) is 2.46. The van der Waals surface area contributed by atoms with Crippen molar-refractivity contribution in [2.45, 2.75) is 51.4 Å². The van der Waals surface area contributed by atoms with Crippen LogP contribution in [0.15, 0.2) is 24.3 Å². The Balaban J connectivity index is 2.85. The van der Waals surface area contributed by atoms with Gasteiger partial charge in [-0.2, -0.15) is 0 Å². The Hall–Kier alpha value is -1.84. The Kier molecular flexibility index (Phi) is 6.22. The third kappa shape index (κ3) is 4.68. The highest BCUT2D eigenvalue weighted by Gasteiger charge is 2.16. The van der Waals surface area contributed by atoms with E-state index in [2.05, 4.69) is 0 Å². The van der Waals surface area contributed by atoms with E-state index in [4.69, 9.17) is 10.2 Å². The summed E-state index contributed by atoms with van der Waals surface area (Å²) in [5, 5.41) is 17.8. The van der Waals surface area contributed by atoms with Gasteiger partial charge >= 0.3 is 11.9 Å². The minimum absolute atomic E-state index is 0.0149. The molecule has 0 saturated heterocycles. The Labute approximate surface area is 119 Å². The van der Waals surface area contributed by atoms with Gasteiger partial charge in [-0.3, -0.25) is 9.59 Å². The third-order valence-corrected chi connectivity index (χ3v) is 3.71. The van der Waals surface area contributed by atoms with Gasteiger partial charge in [0.2, 0.25) is 0 Å². The molecule has 0 saturated carbocycles. The Morgan fingerprint density at radius 2 is 1.15 bits per heavy atom. The summed E-state index contributed by atoms with van der Waals surface area (Å²) in [6, 6.07) is 7.71. The van der Waals surface area contributed by atoms with Gasteiger partial charge in [-0.1, -0.05) is 38.1 Å². The number of benzene rings is 1. The van der Waals surface area contributed by atoms with Crippen LogP contribution in [-0.2, 0) is 9.59 Å². The van der Waals surface area contributed by atoms with Gasteiger partial charge in [0.15, 0.2) is 0 Å². The maximum absolute atomic E-state index is 10.8. The van der Waals surface area contributed by atoms with Crippen LogP contribution in [0.5, 0.6) is 0 Å². The van der Waals surface area contributed by atoms with Crippen LogP contribution < -0.4 is 0 Å². The molecule has 1 aromatic rings. The van der Waals surface area contributed by atoms with Crippen molar-refractivity contribution in [1.29, 1.82) is 0 Å². The van der Waals surface area contributed by atoms with Crippen molar-refractivity contribution in [1.82, 2.24) is 0 Å². The summed E-state index contributed by atoms with van der Waals surface area (Å²) in [5.41, 5.74) is 2.01. The van der Waals surface area contributed by atoms with Gasteiger partial charge in [0.1, 0.15) is 0 Å². The lowest BCUT2D eigenvalue weighted by Crippen LogP contribution is -2.07. The highest BCUT2D eigenvalue weighted by atomic mass is 16.4. The van der Waals surface area contributed by atoms with Gasteiger partial charge in [0.05, 0.1) is 12.8 Å². The van der Waals surface area contributed by atoms with Crippen molar-refractivity contribution < 1.29 is 19.8 Å². The van der Waals surface area contributed by atoms with Crippen LogP contribution >= 0.6 is 0 Å². The van der Waals surface area contributed by atoms with E-state index in [0.29, 0.717) is 0 Å². The monoisotopic (exact) mass is 278 g/mol. The number of carboxylic acids is 2. The fourth-order valence-corrected chi connectivity index (χ4v) is 2.46. The smallest absolute Gasteiger partial charge is 0.303 e. The van der Waals surface area contributed by atoms with E-state index in [1.807, 2.05) is 38.1 Å². The highest BCUT2D eigenvalue weighted by Crippen LogP contribution is 2.28. The zero-order valence-electron chi connectivity index (χ0n) is 12.0. The molecule has 20 heavy (non-hydrogen) atoms. The zero-order valence-corrected chi connectivity index (χ0v) is 12.0. The van der Waals surface area contributed by atoms with Gasteiger partial charge < -0.3 is 10.2 Å². The van der Waals surface area contributed by atoms with E-state index in [1.54, 1.807) is 0 Å². The summed E-state index contributed by atoms with van der Waals surface area (Å²) in [5.74, 6) is -1.56. The molecule has 0 bridgehead atoms. The van der Waals surface area contributed by atoms with Crippen molar-refractivity contribution in [3.05, 3.63) is 35.4 Å². The van der Waals surface area contributed by atoms with Crippen molar-refractivity contribution >= 4 is 11.9 Å². The molecule has 1 rings (SSSR count). The maximum atomic E-state index is 10.8. The predicted molar refractivity (Wildman–Crippen MR) is 77.0 cm³/mol. The fraction of sp³-hybridized carbons (Fsp3) is 0.500. The summed E-state index contributed by atoms with van der Waals surface area (Å²) in [6.45, 7) is 3.95. The normalized spacial score (nSPS) is 13.7. The van der Waals surface area contributed by atoms with Crippen molar-refractivity contribution in [2.24, 2.45) is 0 Å². The molecule has 0 aromatic heterocycles. The first kappa shape index (κ1) is 16.2. The van der Waals surface area contributed by atoms with Gasteiger partial charge in [-0.05, 0) is 35.8 Å². The molecule has 4 heteroatoms. The molecule has 2 unspecified atom stereocenters. The van der Waals surface area contributed by atoms with E-state index in [-0.39, 0.29) is 24.7 Å². The Morgan fingerprint density at radius 1 is 0.850 bits per heavy atom. The third-order valence-electron chi connectivity index (χ3n) is 3.71. The van der Waals surface area contributed by atoms with Crippen LogP contribution in [0, 0.1) is 0 Å². The number of hydrogen-bond acceptors (Lipinski definition) is 2. The second kappa shape index (κ2) is 7.68. The lowest BCUT2D eigenvalue weighted by atomic mass is 9.88. The van der Waals surface area contributed by atoms with Gasteiger partial charge in [0, 0.05) is 0 Å². The summed E-state index contributed by atoms with van der Waals surface area (Å²) < 4.78 is 0.